The maximum absolute atomic E-state index is 13.7. The molecule has 23 heavy (non-hydrogen) atoms. The number of rotatable bonds is 4. The van der Waals surface area contributed by atoms with Gasteiger partial charge in [-0.05, 0) is 38.8 Å². The van der Waals surface area contributed by atoms with E-state index in [4.69, 9.17) is 11.6 Å². The molecule has 0 saturated carbocycles. The van der Waals surface area contributed by atoms with Gasteiger partial charge in [0.1, 0.15) is 5.82 Å². The molecule has 0 radical (unpaired) electrons. The summed E-state index contributed by atoms with van der Waals surface area (Å²) in [5.74, 6) is -3.27. The fourth-order valence-electron chi connectivity index (χ4n) is 2.84. The van der Waals surface area contributed by atoms with Crippen molar-refractivity contribution in [1.29, 1.82) is 0 Å². The van der Waals surface area contributed by atoms with Crippen LogP contribution in [0.15, 0.2) is 29.3 Å². The monoisotopic (exact) mass is 339 g/mol. The Morgan fingerprint density at radius 3 is 2.43 bits per heavy atom. The van der Waals surface area contributed by atoms with Gasteiger partial charge in [0.2, 0.25) is 5.91 Å². The number of hydrogen-bond donors (Lipinski definition) is 2. The van der Waals surface area contributed by atoms with E-state index in [1.807, 2.05) is 13.8 Å². The van der Waals surface area contributed by atoms with Crippen molar-refractivity contribution in [1.82, 2.24) is 5.32 Å². The highest BCUT2D eigenvalue weighted by Gasteiger charge is 2.37. The second-order valence-electron chi connectivity index (χ2n) is 5.94. The Morgan fingerprint density at radius 1 is 1.26 bits per heavy atom. The van der Waals surface area contributed by atoms with Crippen molar-refractivity contribution in [3.63, 3.8) is 0 Å². The van der Waals surface area contributed by atoms with Crippen molar-refractivity contribution in [3.8, 4) is 0 Å². The summed E-state index contributed by atoms with van der Waals surface area (Å²) in [4.78, 5) is 23.8. The van der Waals surface area contributed by atoms with Crippen LogP contribution in [0.2, 0.25) is 5.02 Å². The van der Waals surface area contributed by atoms with Gasteiger partial charge in [0.25, 0.3) is 0 Å². The molecule has 0 unspecified atom stereocenters. The molecule has 0 fully saturated rings. The van der Waals surface area contributed by atoms with Crippen molar-refractivity contribution >= 4 is 23.5 Å². The van der Waals surface area contributed by atoms with Gasteiger partial charge in [-0.25, -0.2) is 4.39 Å². The number of amides is 1. The first-order chi connectivity index (χ1) is 10.8. The molecule has 2 atom stereocenters. The van der Waals surface area contributed by atoms with Gasteiger partial charge in [-0.15, -0.1) is 0 Å². The Bertz CT molecular complexity index is 652. The lowest BCUT2D eigenvalue weighted by molar-refractivity contribution is -0.147. The van der Waals surface area contributed by atoms with E-state index < -0.39 is 23.6 Å². The number of benzene rings is 1. The Hall–Kier alpha value is -1.88. The molecule has 124 valence electrons. The van der Waals surface area contributed by atoms with E-state index in [2.05, 4.69) is 5.32 Å². The number of nitrogens with one attached hydrogen (secondary N) is 1. The largest absolute Gasteiger partial charge is 0.481 e. The number of carboxylic acid groups (broad SMARTS) is 1. The van der Waals surface area contributed by atoms with E-state index in [1.165, 1.54) is 12.1 Å². The van der Waals surface area contributed by atoms with Gasteiger partial charge in [-0.1, -0.05) is 28.8 Å². The number of carboxylic acids is 1. The van der Waals surface area contributed by atoms with E-state index in [-0.39, 0.29) is 23.0 Å². The fourth-order valence-corrected chi connectivity index (χ4v) is 3.07. The Balaban J connectivity index is 2.12. The van der Waals surface area contributed by atoms with Crippen LogP contribution in [0.25, 0.3) is 0 Å². The van der Waals surface area contributed by atoms with Crippen molar-refractivity contribution in [3.05, 3.63) is 45.7 Å². The summed E-state index contributed by atoms with van der Waals surface area (Å²) < 4.78 is 13.7. The average Bonchev–Trinajstić information content (AvgIpc) is 2.48. The number of carbonyl (C=O) groups is 2. The highest BCUT2D eigenvalue weighted by atomic mass is 35.5. The summed E-state index contributed by atoms with van der Waals surface area (Å²) in [6.45, 7) is 3.73. The average molecular weight is 340 g/mol. The van der Waals surface area contributed by atoms with Crippen LogP contribution >= 0.6 is 11.6 Å². The molecular weight excluding hydrogens is 321 g/mol. The Kier molecular flexibility index (Phi) is 5.42. The maximum atomic E-state index is 13.7. The molecule has 1 aliphatic rings. The molecule has 1 amide bonds. The van der Waals surface area contributed by atoms with Crippen LogP contribution in [-0.2, 0) is 16.1 Å². The molecule has 0 spiro atoms. The summed E-state index contributed by atoms with van der Waals surface area (Å²) >= 11 is 5.93. The molecule has 2 N–H and O–H groups in total. The first-order valence-electron chi connectivity index (χ1n) is 7.40. The smallest absolute Gasteiger partial charge is 0.307 e. The third kappa shape index (κ3) is 3.91. The number of aliphatic carboxylic acids is 1. The summed E-state index contributed by atoms with van der Waals surface area (Å²) in [5.41, 5.74) is 2.25. The van der Waals surface area contributed by atoms with Crippen LogP contribution < -0.4 is 5.32 Å². The number of halogens is 2. The molecule has 4 nitrogen and oxygen atoms in total. The molecule has 0 heterocycles. The Morgan fingerprint density at radius 2 is 1.87 bits per heavy atom. The predicted molar refractivity (Wildman–Crippen MR) is 85.5 cm³/mol. The lowest BCUT2D eigenvalue weighted by atomic mass is 9.76. The minimum Gasteiger partial charge on any atom is -0.481 e. The molecule has 0 saturated heterocycles. The molecule has 0 aromatic heterocycles. The lowest BCUT2D eigenvalue weighted by Gasteiger charge is -2.29. The van der Waals surface area contributed by atoms with Crippen molar-refractivity contribution in [2.24, 2.45) is 11.8 Å². The van der Waals surface area contributed by atoms with Crippen molar-refractivity contribution in [2.45, 2.75) is 33.2 Å². The molecule has 0 aliphatic heterocycles. The van der Waals surface area contributed by atoms with Gasteiger partial charge >= 0.3 is 5.97 Å². The van der Waals surface area contributed by atoms with Crippen LogP contribution in [0.4, 0.5) is 4.39 Å². The second kappa shape index (κ2) is 7.13. The quantitative estimate of drug-likeness (QED) is 0.824. The van der Waals surface area contributed by atoms with E-state index >= 15 is 0 Å². The van der Waals surface area contributed by atoms with Gasteiger partial charge in [0.05, 0.1) is 11.8 Å². The van der Waals surface area contributed by atoms with Crippen LogP contribution in [0.5, 0.6) is 0 Å². The van der Waals surface area contributed by atoms with Crippen LogP contribution in [-0.4, -0.2) is 17.0 Å². The van der Waals surface area contributed by atoms with Gasteiger partial charge in [0.15, 0.2) is 0 Å². The minimum atomic E-state index is -0.985. The van der Waals surface area contributed by atoms with Gasteiger partial charge in [0, 0.05) is 17.1 Å². The zero-order valence-corrected chi connectivity index (χ0v) is 13.8. The highest BCUT2D eigenvalue weighted by molar-refractivity contribution is 6.31. The van der Waals surface area contributed by atoms with E-state index in [0.717, 1.165) is 11.1 Å². The minimum absolute atomic E-state index is 0.0606. The highest BCUT2D eigenvalue weighted by Crippen LogP contribution is 2.34. The van der Waals surface area contributed by atoms with E-state index in [1.54, 1.807) is 6.07 Å². The second-order valence-corrected chi connectivity index (χ2v) is 6.35. The Labute approximate surface area is 139 Å². The SMILES string of the molecule is CC1=C(C)C[C@@H](C(=O)NCc2c(F)cccc2Cl)[C@@H](C(=O)O)C1. The molecule has 6 heteroatoms. The van der Waals surface area contributed by atoms with Gasteiger partial charge in [-0.3, -0.25) is 9.59 Å². The number of carbonyl (C=O) groups excluding carboxylic acids is 1. The van der Waals surface area contributed by atoms with Gasteiger partial charge < -0.3 is 10.4 Å². The third-order valence-corrected chi connectivity index (χ3v) is 4.78. The molecule has 1 aliphatic carbocycles. The van der Waals surface area contributed by atoms with Crippen LogP contribution in [0, 0.1) is 17.7 Å². The van der Waals surface area contributed by atoms with Gasteiger partial charge in [-0.2, -0.15) is 0 Å². The molecule has 1 aromatic carbocycles. The fraction of sp³-hybridized carbons (Fsp3) is 0.412. The molecular formula is C17H19ClFNO3. The van der Waals surface area contributed by atoms with Crippen LogP contribution in [0.1, 0.15) is 32.3 Å². The normalized spacial score (nSPS) is 21.2. The zero-order valence-electron chi connectivity index (χ0n) is 13.0. The van der Waals surface area contributed by atoms with Crippen molar-refractivity contribution in [2.75, 3.05) is 0 Å². The number of allylic oxidation sites excluding steroid dienone is 2. The third-order valence-electron chi connectivity index (χ3n) is 4.42. The molecule has 2 rings (SSSR count). The van der Waals surface area contributed by atoms with Crippen LogP contribution in [0.3, 0.4) is 0 Å². The van der Waals surface area contributed by atoms with Crippen molar-refractivity contribution < 1.29 is 19.1 Å². The topological polar surface area (TPSA) is 66.4 Å². The number of hydrogen-bond acceptors (Lipinski definition) is 2. The van der Waals surface area contributed by atoms with E-state index in [0.29, 0.717) is 12.8 Å². The lowest BCUT2D eigenvalue weighted by Crippen LogP contribution is -2.40. The predicted octanol–water partition coefficient (Wildman–Crippen LogP) is 3.54. The molecule has 0 bridgehead atoms. The summed E-state index contributed by atoms with van der Waals surface area (Å²) in [5, 5.41) is 12.2. The summed E-state index contributed by atoms with van der Waals surface area (Å²) in [7, 11) is 0. The molecule has 1 aromatic rings. The summed E-state index contributed by atoms with van der Waals surface area (Å²) in [6.07, 6.45) is 0.763. The van der Waals surface area contributed by atoms with E-state index in [9.17, 15) is 19.1 Å². The first kappa shape index (κ1) is 17.5. The standard InChI is InChI=1S/C17H19ClFNO3/c1-9-6-11(12(17(22)23)7-10(9)2)16(21)20-8-13-14(18)4-3-5-15(13)19/h3-5,11-12H,6-8H2,1-2H3,(H,20,21)(H,22,23)/t11-,12+/m1/s1. The zero-order chi connectivity index (χ0) is 17.1. The first-order valence-corrected chi connectivity index (χ1v) is 7.77. The summed E-state index contributed by atoms with van der Waals surface area (Å²) in [6, 6.07) is 4.30. The maximum Gasteiger partial charge on any atom is 0.307 e.